The second-order valence-electron chi connectivity index (χ2n) is 7.59. The maximum atomic E-state index is 12.8. The smallest absolute Gasteiger partial charge is 0.259 e. The molecule has 152 valence electrons. The molecule has 0 aliphatic heterocycles. The molecule has 0 fully saturated rings. The van der Waals surface area contributed by atoms with Crippen LogP contribution in [0.3, 0.4) is 0 Å². The molecule has 0 bridgehead atoms. The fourth-order valence-corrected chi connectivity index (χ4v) is 3.44. The number of carbonyl (C=O) groups excluding carboxylic acids is 1. The molecule has 0 unspecified atom stereocenters. The van der Waals surface area contributed by atoms with Gasteiger partial charge in [0.1, 0.15) is 11.3 Å². The van der Waals surface area contributed by atoms with Crippen molar-refractivity contribution in [1.82, 2.24) is 4.98 Å². The van der Waals surface area contributed by atoms with E-state index in [-0.39, 0.29) is 5.91 Å². The number of anilines is 1. The minimum absolute atomic E-state index is 0.233. The number of carbonyl (C=O) groups is 1. The Labute approximate surface area is 175 Å². The summed E-state index contributed by atoms with van der Waals surface area (Å²) >= 11 is 0. The lowest BCUT2D eigenvalue weighted by atomic mass is 10.0. The molecule has 0 radical (unpaired) electrons. The van der Waals surface area contributed by atoms with Crippen LogP contribution in [0.5, 0.6) is 5.75 Å². The number of hydrogen-bond donors (Lipinski definition) is 1. The van der Waals surface area contributed by atoms with E-state index in [0.29, 0.717) is 39.9 Å². The van der Waals surface area contributed by atoms with Crippen molar-refractivity contribution in [3.63, 3.8) is 0 Å². The fraction of sp³-hybridized carbons (Fsp3) is 0.200. The van der Waals surface area contributed by atoms with Crippen molar-refractivity contribution in [3.05, 3.63) is 77.4 Å². The molecular formula is C25H24N2O3. The molecule has 0 aliphatic carbocycles. The molecule has 30 heavy (non-hydrogen) atoms. The van der Waals surface area contributed by atoms with Crippen molar-refractivity contribution in [2.24, 2.45) is 0 Å². The number of aromatic nitrogens is 1. The summed E-state index contributed by atoms with van der Waals surface area (Å²) in [6.45, 7) is 6.24. The van der Waals surface area contributed by atoms with E-state index in [4.69, 9.17) is 9.15 Å². The highest BCUT2D eigenvalue weighted by atomic mass is 16.5. The van der Waals surface area contributed by atoms with Gasteiger partial charge in [0.05, 0.1) is 12.7 Å². The molecule has 0 aliphatic rings. The van der Waals surface area contributed by atoms with Gasteiger partial charge in [-0.15, -0.1) is 0 Å². The van der Waals surface area contributed by atoms with Crippen LogP contribution in [0.4, 0.5) is 5.69 Å². The first-order valence-corrected chi connectivity index (χ1v) is 9.92. The Morgan fingerprint density at radius 2 is 1.83 bits per heavy atom. The van der Waals surface area contributed by atoms with Gasteiger partial charge in [0.15, 0.2) is 5.58 Å². The number of benzene rings is 3. The Hall–Kier alpha value is -3.60. The molecule has 1 heterocycles. The minimum atomic E-state index is -0.233. The summed E-state index contributed by atoms with van der Waals surface area (Å²) < 4.78 is 11.3. The zero-order chi connectivity index (χ0) is 21.3. The van der Waals surface area contributed by atoms with E-state index in [1.165, 1.54) is 5.56 Å². The first-order chi connectivity index (χ1) is 14.5. The minimum Gasteiger partial charge on any atom is -0.496 e. The van der Waals surface area contributed by atoms with Crippen molar-refractivity contribution in [2.45, 2.75) is 26.7 Å². The number of aryl methyl sites for hydroxylation is 1. The van der Waals surface area contributed by atoms with E-state index < -0.39 is 0 Å². The standard InChI is InChI=1S/C25H24N2O3/c1-15(2)17-8-10-18(11-9-17)25-27-21-14-19(12-13-22(21)30-25)26-24(28)20-7-5-6-16(3)23(20)29-4/h5-15H,1-4H3,(H,26,28). The van der Waals surface area contributed by atoms with Crippen molar-refractivity contribution in [3.8, 4) is 17.2 Å². The number of amides is 1. The average Bonchev–Trinajstić information content (AvgIpc) is 3.17. The summed E-state index contributed by atoms with van der Waals surface area (Å²) in [5.41, 5.74) is 5.59. The second-order valence-corrected chi connectivity index (χ2v) is 7.59. The molecule has 5 nitrogen and oxygen atoms in total. The number of fused-ring (bicyclic) bond motifs is 1. The number of oxazole rings is 1. The van der Waals surface area contributed by atoms with Crippen LogP contribution in [0.1, 0.15) is 41.3 Å². The van der Waals surface area contributed by atoms with Gasteiger partial charge in [-0.05, 0) is 60.4 Å². The van der Waals surface area contributed by atoms with Gasteiger partial charge in [0.25, 0.3) is 5.91 Å². The van der Waals surface area contributed by atoms with Crippen LogP contribution in [-0.4, -0.2) is 18.0 Å². The lowest BCUT2D eigenvalue weighted by Gasteiger charge is -2.11. The van der Waals surface area contributed by atoms with Crippen LogP contribution in [0.2, 0.25) is 0 Å². The number of para-hydroxylation sites is 1. The van der Waals surface area contributed by atoms with E-state index in [0.717, 1.165) is 11.1 Å². The first-order valence-electron chi connectivity index (χ1n) is 9.92. The molecule has 4 aromatic rings. The molecule has 0 saturated carbocycles. The lowest BCUT2D eigenvalue weighted by Crippen LogP contribution is -2.13. The van der Waals surface area contributed by atoms with Crippen molar-refractivity contribution < 1.29 is 13.9 Å². The van der Waals surface area contributed by atoms with Gasteiger partial charge in [-0.25, -0.2) is 4.98 Å². The van der Waals surface area contributed by atoms with Gasteiger partial charge in [0, 0.05) is 11.3 Å². The summed E-state index contributed by atoms with van der Waals surface area (Å²) in [7, 11) is 1.57. The Morgan fingerprint density at radius 1 is 1.07 bits per heavy atom. The summed E-state index contributed by atoms with van der Waals surface area (Å²) in [5.74, 6) is 1.37. The number of methoxy groups -OCH3 is 1. The van der Waals surface area contributed by atoms with E-state index in [1.54, 1.807) is 19.2 Å². The highest BCUT2D eigenvalue weighted by Gasteiger charge is 2.15. The quantitative estimate of drug-likeness (QED) is 0.434. The summed E-state index contributed by atoms with van der Waals surface area (Å²) in [4.78, 5) is 17.4. The van der Waals surface area contributed by atoms with Crippen LogP contribution in [0.25, 0.3) is 22.6 Å². The summed E-state index contributed by atoms with van der Waals surface area (Å²) in [5, 5.41) is 2.92. The van der Waals surface area contributed by atoms with Crippen LogP contribution in [0.15, 0.2) is 65.1 Å². The number of rotatable bonds is 5. The molecule has 0 spiro atoms. The van der Waals surface area contributed by atoms with Crippen LogP contribution >= 0.6 is 0 Å². The Bertz CT molecular complexity index is 1210. The normalized spacial score (nSPS) is 11.1. The highest BCUT2D eigenvalue weighted by Crippen LogP contribution is 2.28. The molecule has 3 aromatic carbocycles. The summed E-state index contributed by atoms with van der Waals surface area (Å²) in [6, 6.07) is 19.2. The molecule has 0 saturated heterocycles. The van der Waals surface area contributed by atoms with Crippen LogP contribution in [0, 0.1) is 6.92 Å². The van der Waals surface area contributed by atoms with Gasteiger partial charge < -0.3 is 14.5 Å². The Kier molecular flexibility index (Phi) is 5.27. The zero-order valence-electron chi connectivity index (χ0n) is 17.5. The monoisotopic (exact) mass is 400 g/mol. The molecular weight excluding hydrogens is 376 g/mol. The van der Waals surface area contributed by atoms with Gasteiger partial charge in [-0.3, -0.25) is 4.79 Å². The first kappa shape index (κ1) is 19.7. The van der Waals surface area contributed by atoms with Crippen LogP contribution < -0.4 is 10.1 Å². The predicted octanol–water partition coefficient (Wildman–Crippen LogP) is 6.19. The lowest BCUT2D eigenvalue weighted by molar-refractivity contribution is 0.102. The van der Waals surface area contributed by atoms with E-state index in [9.17, 15) is 4.79 Å². The van der Waals surface area contributed by atoms with Crippen molar-refractivity contribution in [2.75, 3.05) is 12.4 Å². The fourth-order valence-electron chi connectivity index (χ4n) is 3.44. The van der Waals surface area contributed by atoms with E-state index in [1.807, 2.05) is 43.3 Å². The molecule has 0 atom stereocenters. The summed E-state index contributed by atoms with van der Waals surface area (Å²) in [6.07, 6.45) is 0. The highest BCUT2D eigenvalue weighted by molar-refractivity contribution is 6.07. The van der Waals surface area contributed by atoms with Crippen molar-refractivity contribution in [1.29, 1.82) is 0 Å². The molecule has 1 amide bonds. The molecule has 5 heteroatoms. The topological polar surface area (TPSA) is 64.4 Å². The molecule has 1 aromatic heterocycles. The number of ether oxygens (including phenoxy) is 1. The molecule has 4 rings (SSSR count). The Morgan fingerprint density at radius 3 is 2.53 bits per heavy atom. The third-order valence-electron chi connectivity index (χ3n) is 5.13. The number of nitrogens with one attached hydrogen (secondary N) is 1. The van der Waals surface area contributed by atoms with E-state index in [2.05, 4.69) is 36.3 Å². The third-order valence-corrected chi connectivity index (χ3v) is 5.13. The van der Waals surface area contributed by atoms with E-state index >= 15 is 0 Å². The molecule has 1 N–H and O–H groups in total. The van der Waals surface area contributed by atoms with Gasteiger partial charge in [-0.1, -0.05) is 38.1 Å². The number of nitrogens with zero attached hydrogens (tertiary/aromatic N) is 1. The third kappa shape index (κ3) is 3.79. The number of hydrogen-bond acceptors (Lipinski definition) is 4. The Balaban J connectivity index is 1.60. The second kappa shape index (κ2) is 8.03. The largest absolute Gasteiger partial charge is 0.496 e. The van der Waals surface area contributed by atoms with Crippen LogP contribution in [-0.2, 0) is 0 Å². The van der Waals surface area contributed by atoms with Gasteiger partial charge in [-0.2, -0.15) is 0 Å². The maximum absolute atomic E-state index is 12.8. The average molecular weight is 400 g/mol. The van der Waals surface area contributed by atoms with Gasteiger partial charge in [0.2, 0.25) is 5.89 Å². The van der Waals surface area contributed by atoms with Crippen molar-refractivity contribution >= 4 is 22.7 Å². The van der Waals surface area contributed by atoms with Gasteiger partial charge >= 0.3 is 0 Å². The SMILES string of the molecule is COc1c(C)cccc1C(=O)Nc1ccc2oc(-c3ccc(C(C)C)cc3)nc2c1. The maximum Gasteiger partial charge on any atom is 0.259 e. The predicted molar refractivity (Wildman–Crippen MR) is 119 cm³/mol. The zero-order valence-corrected chi connectivity index (χ0v) is 17.5.